The largest absolute Gasteiger partial charge is 1.00 e. The van der Waals surface area contributed by atoms with Crippen LogP contribution >= 0.6 is 7.47 Å². The molecule has 2 rings (SSSR count). The number of rotatable bonds is 5. The van der Waals surface area contributed by atoms with Crippen molar-refractivity contribution in [2.45, 2.75) is 46.8 Å². The summed E-state index contributed by atoms with van der Waals surface area (Å²) in [6.07, 6.45) is 12.5. The number of hydrogen-bond acceptors (Lipinski definition) is 0. The molecule has 1 aliphatic rings. The van der Waals surface area contributed by atoms with E-state index in [2.05, 4.69) is 76.8 Å². The van der Waals surface area contributed by atoms with Crippen molar-refractivity contribution in [2.75, 3.05) is 6.16 Å². The molecule has 22 heavy (non-hydrogen) atoms. The summed E-state index contributed by atoms with van der Waals surface area (Å²) in [4.78, 5) is 0. The summed E-state index contributed by atoms with van der Waals surface area (Å²) < 4.78 is 0. The van der Waals surface area contributed by atoms with E-state index in [1.54, 1.807) is 5.30 Å². The van der Waals surface area contributed by atoms with Crippen LogP contribution in [0.2, 0.25) is 19.6 Å². The fourth-order valence-corrected chi connectivity index (χ4v) is 11.8. The molecule has 0 radical (unpaired) electrons. The Hall–Kier alpha value is -0.0557. The Morgan fingerprint density at radius 1 is 1.09 bits per heavy atom. The average molecular weight is 322 g/mol. The molecule has 114 valence electrons. The van der Waals surface area contributed by atoms with Crippen LogP contribution in [0.15, 0.2) is 30.4 Å². The summed E-state index contributed by atoms with van der Waals surface area (Å²) in [6.45, 7) is 14.5. The zero-order valence-corrected chi connectivity index (χ0v) is 17.2. The van der Waals surface area contributed by atoms with Gasteiger partial charge in [-0.05, 0) is 43.4 Å². The fourth-order valence-electron chi connectivity index (χ4n) is 3.25. The quantitative estimate of drug-likeness (QED) is 0.444. The van der Waals surface area contributed by atoms with Gasteiger partial charge in [-0.15, -0.1) is 0 Å². The summed E-state index contributed by atoms with van der Waals surface area (Å²) >= 11 is 0. The standard InChI is InChI=1S/C19H28PSi.Li/c1-15-13-16(2)19(17(3)14-15)20(21(4,5)6)12-11-18-9-7-8-10-18;/h7,9-10,13-14,18H,11-12H2,1-6H3;/q-1;+1. The van der Waals surface area contributed by atoms with E-state index in [0.29, 0.717) is 5.92 Å². The maximum Gasteiger partial charge on any atom is 1.00 e. The summed E-state index contributed by atoms with van der Waals surface area (Å²) in [5.74, 6) is 0.623. The van der Waals surface area contributed by atoms with E-state index in [0.717, 1.165) is 0 Å². The van der Waals surface area contributed by atoms with Crippen molar-refractivity contribution in [3.63, 3.8) is 0 Å². The molecule has 1 aliphatic carbocycles. The minimum absolute atomic E-state index is 0. The molecule has 2 unspecified atom stereocenters. The molecule has 0 fully saturated rings. The molecule has 1 aromatic carbocycles. The number of hydrogen-bond donors (Lipinski definition) is 0. The smallest absolute Gasteiger partial charge is 0.256 e. The topological polar surface area (TPSA) is 0 Å². The molecule has 0 amide bonds. The zero-order chi connectivity index (χ0) is 15.6. The maximum absolute atomic E-state index is 3.22. The summed E-state index contributed by atoms with van der Waals surface area (Å²) in [7, 11) is -1.18. The molecule has 0 aromatic heterocycles. The molecule has 0 aliphatic heterocycles. The predicted molar refractivity (Wildman–Crippen MR) is 100 cm³/mol. The van der Waals surface area contributed by atoms with Crippen LogP contribution in [0.5, 0.6) is 0 Å². The van der Waals surface area contributed by atoms with E-state index in [-0.39, 0.29) is 26.3 Å². The van der Waals surface area contributed by atoms with Crippen molar-refractivity contribution in [1.29, 1.82) is 0 Å². The second-order valence-electron chi connectivity index (χ2n) is 7.21. The van der Waals surface area contributed by atoms with E-state index in [4.69, 9.17) is 0 Å². The van der Waals surface area contributed by atoms with Gasteiger partial charge in [0.15, 0.2) is 0 Å². The molecule has 3 heteroatoms. The SMILES string of the molecule is Cc1cc(C)c(P(CCC2C=[C-]C=C2)[Si](C)(C)C)c(C)c1.[Li+]. The van der Waals surface area contributed by atoms with Crippen molar-refractivity contribution in [3.8, 4) is 0 Å². The first kappa shape index (κ1) is 20.0. The van der Waals surface area contributed by atoms with Gasteiger partial charge in [-0.3, -0.25) is 6.08 Å². The Morgan fingerprint density at radius 3 is 2.14 bits per heavy atom. The van der Waals surface area contributed by atoms with E-state index < -0.39 is 7.74 Å². The Balaban J connectivity index is 0.00000242. The molecule has 0 bridgehead atoms. The summed E-state index contributed by atoms with van der Waals surface area (Å²) in [6, 6.07) is 4.75. The van der Waals surface area contributed by atoms with Gasteiger partial charge in [0.1, 0.15) is 0 Å². The van der Waals surface area contributed by atoms with Gasteiger partial charge in [0, 0.05) is 0 Å². The van der Waals surface area contributed by atoms with Gasteiger partial charge >= 0.3 is 18.9 Å². The Kier molecular flexibility index (Phi) is 7.42. The van der Waals surface area contributed by atoms with Crippen molar-refractivity contribution in [1.82, 2.24) is 0 Å². The van der Waals surface area contributed by atoms with Gasteiger partial charge in [-0.25, -0.2) is 12.2 Å². The van der Waals surface area contributed by atoms with E-state index >= 15 is 0 Å². The molecule has 1 aromatic rings. The summed E-state index contributed by atoms with van der Waals surface area (Å²) in [5, 5.41) is 1.70. The first-order valence-electron chi connectivity index (χ1n) is 7.90. The van der Waals surface area contributed by atoms with Crippen LogP contribution in [0.4, 0.5) is 0 Å². The van der Waals surface area contributed by atoms with Gasteiger partial charge in [0.05, 0.1) is 7.74 Å². The average Bonchev–Trinajstić information content (AvgIpc) is 2.83. The van der Waals surface area contributed by atoms with Crippen LogP contribution in [0.3, 0.4) is 0 Å². The number of aryl methyl sites for hydroxylation is 3. The third kappa shape index (κ3) is 4.97. The van der Waals surface area contributed by atoms with Crippen LogP contribution in [0.25, 0.3) is 0 Å². The van der Waals surface area contributed by atoms with Crippen LogP contribution < -0.4 is 24.2 Å². The monoisotopic (exact) mass is 322 g/mol. The van der Waals surface area contributed by atoms with Gasteiger partial charge in [-0.1, -0.05) is 57.1 Å². The van der Waals surface area contributed by atoms with Crippen LogP contribution in [-0.4, -0.2) is 13.9 Å². The van der Waals surface area contributed by atoms with E-state index in [9.17, 15) is 0 Å². The molecular weight excluding hydrogens is 294 g/mol. The van der Waals surface area contributed by atoms with E-state index in [1.807, 2.05) is 0 Å². The van der Waals surface area contributed by atoms with Gasteiger partial charge < -0.3 is 0 Å². The van der Waals surface area contributed by atoms with Crippen molar-refractivity contribution in [3.05, 3.63) is 53.1 Å². The molecule has 0 nitrogen and oxygen atoms in total. The van der Waals surface area contributed by atoms with Crippen molar-refractivity contribution < 1.29 is 18.9 Å². The van der Waals surface area contributed by atoms with Crippen LogP contribution in [0.1, 0.15) is 23.1 Å². The normalized spacial score (nSPS) is 18.4. The van der Waals surface area contributed by atoms with Crippen molar-refractivity contribution in [2.24, 2.45) is 5.92 Å². The van der Waals surface area contributed by atoms with Crippen molar-refractivity contribution >= 4 is 20.5 Å². The van der Waals surface area contributed by atoms with E-state index in [1.165, 1.54) is 29.3 Å². The number of benzene rings is 1. The molecule has 0 heterocycles. The predicted octanol–water partition coefficient (Wildman–Crippen LogP) is 2.49. The first-order chi connectivity index (χ1) is 9.79. The minimum atomic E-state index is -1.17. The Labute approximate surface area is 151 Å². The third-order valence-corrected chi connectivity index (χ3v) is 13.9. The van der Waals surface area contributed by atoms with Gasteiger partial charge in [0.2, 0.25) is 0 Å². The molecule has 0 spiro atoms. The molecule has 0 saturated heterocycles. The van der Waals surface area contributed by atoms with Gasteiger partial charge in [-0.2, -0.15) is 6.08 Å². The van der Waals surface area contributed by atoms with Crippen LogP contribution in [0, 0.1) is 32.8 Å². The second-order valence-corrected chi connectivity index (χ2v) is 19.0. The zero-order valence-electron chi connectivity index (χ0n) is 15.3. The second kappa shape index (κ2) is 8.16. The Bertz CT molecular complexity index is 534. The maximum atomic E-state index is 3.22. The molecule has 2 atom stereocenters. The fraction of sp³-hybridized carbons (Fsp3) is 0.474. The third-order valence-electron chi connectivity index (χ3n) is 4.15. The minimum Gasteiger partial charge on any atom is -0.256 e. The molecule has 0 N–H and O–H groups in total. The molecule has 0 saturated carbocycles. The Morgan fingerprint density at radius 2 is 1.68 bits per heavy atom. The van der Waals surface area contributed by atoms with Gasteiger partial charge in [0.25, 0.3) is 0 Å². The molecular formula is C19H28LiPSi. The van der Waals surface area contributed by atoms with Crippen LogP contribution in [-0.2, 0) is 0 Å². The first-order valence-corrected chi connectivity index (χ1v) is 13.8. The number of allylic oxidation sites excluding steroid dienone is 4. The summed E-state index contributed by atoms with van der Waals surface area (Å²) in [5.41, 5.74) is 4.44.